The summed E-state index contributed by atoms with van der Waals surface area (Å²) in [5.41, 5.74) is 1.70. The molecule has 2 aromatic carbocycles. The second kappa shape index (κ2) is 10.5. The van der Waals surface area contributed by atoms with Gasteiger partial charge in [-0.1, -0.05) is 35.3 Å². The molecule has 1 amide bonds. The molecule has 9 nitrogen and oxygen atoms in total. The van der Waals surface area contributed by atoms with Gasteiger partial charge in [0, 0.05) is 12.4 Å². The zero-order valence-corrected chi connectivity index (χ0v) is 19.9. The molecule has 0 aliphatic carbocycles. The number of carbonyl (C=O) groups is 1. The monoisotopic (exact) mass is 501 g/mol. The van der Waals surface area contributed by atoms with Crippen LogP contribution in [0.2, 0.25) is 10.0 Å². The van der Waals surface area contributed by atoms with Gasteiger partial charge in [0.25, 0.3) is 5.91 Å². The van der Waals surface area contributed by atoms with Crippen LogP contribution in [-0.2, 0) is 13.3 Å². The number of hydrogen-bond donors (Lipinski definition) is 1. The number of aromatic nitrogens is 4. The lowest BCUT2D eigenvalue weighted by molar-refractivity contribution is 0.102. The summed E-state index contributed by atoms with van der Waals surface area (Å²) in [6.07, 6.45) is 4.92. The number of benzene rings is 2. The molecule has 2 aromatic heterocycles. The minimum atomic E-state index is -0.372. The lowest BCUT2D eigenvalue weighted by Crippen LogP contribution is -2.14. The number of ether oxygens (including phenoxy) is 3. The molecular formula is C23H21Cl2N5O4. The molecule has 0 aliphatic heterocycles. The Morgan fingerprint density at radius 3 is 2.50 bits per heavy atom. The first kappa shape index (κ1) is 23.5. The molecule has 4 aromatic rings. The van der Waals surface area contributed by atoms with Crippen LogP contribution in [-0.4, -0.2) is 39.7 Å². The van der Waals surface area contributed by atoms with Gasteiger partial charge in [-0.15, -0.1) is 0 Å². The lowest BCUT2D eigenvalue weighted by atomic mass is 10.2. The molecule has 0 aliphatic rings. The molecule has 0 radical (unpaired) electrons. The van der Waals surface area contributed by atoms with Crippen molar-refractivity contribution < 1.29 is 19.0 Å². The quantitative estimate of drug-likeness (QED) is 0.356. The van der Waals surface area contributed by atoms with E-state index in [0.29, 0.717) is 39.5 Å². The maximum absolute atomic E-state index is 12.6. The minimum absolute atomic E-state index is 0.0611. The van der Waals surface area contributed by atoms with Crippen LogP contribution in [0.15, 0.2) is 61.1 Å². The summed E-state index contributed by atoms with van der Waals surface area (Å²) in [7, 11) is 3.09. The first-order valence-corrected chi connectivity index (χ1v) is 10.9. The van der Waals surface area contributed by atoms with Gasteiger partial charge < -0.3 is 19.5 Å². The Labute approximate surface area is 205 Å². The fourth-order valence-electron chi connectivity index (χ4n) is 3.18. The summed E-state index contributed by atoms with van der Waals surface area (Å²) >= 11 is 12.0. The fraction of sp³-hybridized carbons (Fsp3) is 0.174. The number of rotatable bonds is 9. The van der Waals surface area contributed by atoms with Gasteiger partial charge in [-0.3, -0.25) is 9.48 Å². The Morgan fingerprint density at radius 2 is 1.79 bits per heavy atom. The predicted octanol–water partition coefficient (Wildman–Crippen LogP) is 4.74. The van der Waals surface area contributed by atoms with Crippen molar-refractivity contribution >= 4 is 34.8 Å². The number of amides is 1. The normalized spacial score (nSPS) is 10.7. The van der Waals surface area contributed by atoms with E-state index in [-0.39, 0.29) is 18.3 Å². The van der Waals surface area contributed by atoms with E-state index < -0.39 is 0 Å². The van der Waals surface area contributed by atoms with Gasteiger partial charge in [-0.05, 0) is 35.9 Å². The molecule has 0 bridgehead atoms. The van der Waals surface area contributed by atoms with Crippen LogP contribution in [0.1, 0.15) is 16.1 Å². The highest BCUT2D eigenvalue weighted by Gasteiger charge is 2.14. The van der Waals surface area contributed by atoms with E-state index in [4.69, 9.17) is 37.4 Å². The van der Waals surface area contributed by atoms with Gasteiger partial charge in [0.15, 0.2) is 23.9 Å². The highest BCUT2D eigenvalue weighted by atomic mass is 35.5. The summed E-state index contributed by atoms with van der Waals surface area (Å²) in [5.74, 6) is 1.14. The molecule has 0 spiro atoms. The molecule has 34 heavy (non-hydrogen) atoms. The Balaban J connectivity index is 1.36. The summed E-state index contributed by atoms with van der Waals surface area (Å²) in [6.45, 7) is 0.538. The predicted molar refractivity (Wildman–Crippen MR) is 128 cm³/mol. The van der Waals surface area contributed by atoms with Gasteiger partial charge in [-0.25, -0.2) is 4.68 Å². The van der Waals surface area contributed by atoms with Gasteiger partial charge in [0.1, 0.15) is 0 Å². The molecule has 2 heterocycles. The third kappa shape index (κ3) is 5.44. The number of nitrogens with zero attached hydrogens (tertiary/aromatic N) is 4. The minimum Gasteiger partial charge on any atom is -0.493 e. The van der Waals surface area contributed by atoms with E-state index in [1.807, 2.05) is 6.07 Å². The number of methoxy groups -OCH3 is 2. The van der Waals surface area contributed by atoms with Crippen molar-refractivity contribution in [1.82, 2.24) is 19.6 Å². The molecular weight excluding hydrogens is 481 g/mol. The largest absolute Gasteiger partial charge is 0.493 e. The second-order valence-electron chi connectivity index (χ2n) is 7.13. The zero-order chi connectivity index (χ0) is 24.1. The maximum Gasteiger partial charge on any atom is 0.276 e. The number of halogens is 2. The molecule has 176 valence electrons. The zero-order valence-electron chi connectivity index (χ0n) is 18.4. The third-order valence-electron chi connectivity index (χ3n) is 4.82. The van der Waals surface area contributed by atoms with Crippen LogP contribution in [0.3, 0.4) is 0 Å². The Hall–Kier alpha value is -3.69. The molecule has 11 heteroatoms. The van der Waals surface area contributed by atoms with Crippen LogP contribution in [0.5, 0.6) is 17.2 Å². The molecule has 0 saturated carbocycles. The van der Waals surface area contributed by atoms with Crippen molar-refractivity contribution in [2.75, 3.05) is 19.5 Å². The lowest BCUT2D eigenvalue weighted by Gasteiger charge is -2.13. The maximum atomic E-state index is 12.6. The van der Waals surface area contributed by atoms with Crippen LogP contribution in [0.25, 0.3) is 0 Å². The molecule has 0 unspecified atom stereocenters. The fourth-order valence-corrected chi connectivity index (χ4v) is 3.50. The van der Waals surface area contributed by atoms with Crippen molar-refractivity contribution in [2.24, 2.45) is 0 Å². The molecule has 0 saturated heterocycles. The van der Waals surface area contributed by atoms with Crippen LogP contribution in [0.4, 0.5) is 5.69 Å². The van der Waals surface area contributed by atoms with Gasteiger partial charge in [-0.2, -0.15) is 10.2 Å². The number of anilines is 1. The van der Waals surface area contributed by atoms with Gasteiger partial charge in [0.2, 0.25) is 5.75 Å². The average Bonchev–Trinajstić information content (AvgIpc) is 3.49. The number of hydrogen-bond acceptors (Lipinski definition) is 6. The molecule has 1 N–H and O–H groups in total. The first-order valence-electron chi connectivity index (χ1n) is 10.1. The number of para-hydroxylation sites is 1. The number of carbonyl (C=O) groups excluding carboxylic acids is 1. The highest BCUT2D eigenvalue weighted by molar-refractivity contribution is 6.42. The Bertz CT molecular complexity index is 1280. The highest BCUT2D eigenvalue weighted by Crippen LogP contribution is 2.36. The van der Waals surface area contributed by atoms with Crippen molar-refractivity contribution in [3.8, 4) is 17.2 Å². The topological polar surface area (TPSA) is 92.4 Å². The Kier molecular flexibility index (Phi) is 7.24. The third-order valence-corrected chi connectivity index (χ3v) is 5.56. The van der Waals surface area contributed by atoms with E-state index in [9.17, 15) is 4.79 Å². The van der Waals surface area contributed by atoms with Crippen LogP contribution < -0.4 is 19.5 Å². The molecule has 4 rings (SSSR count). The standard InChI is InChI=1S/C23H21Cl2N5O4/c1-32-20-4-3-5-21(33-2)22(20)34-14-29-9-8-19(28-29)23(31)27-16-11-26-30(13-16)12-15-6-7-17(24)18(25)10-15/h3-11,13H,12,14H2,1-2H3,(H,27,31). The molecule has 0 atom stereocenters. The number of nitrogens with one attached hydrogen (secondary N) is 1. The second-order valence-corrected chi connectivity index (χ2v) is 7.95. The summed E-state index contributed by atoms with van der Waals surface area (Å²) in [4.78, 5) is 12.6. The van der Waals surface area contributed by atoms with E-state index in [1.165, 1.54) is 4.68 Å². The Morgan fingerprint density at radius 1 is 1.03 bits per heavy atom. The van der Waals surface area contributed by atoms with Gasteiger partial charge >= 0.3 is 0 Å². The average molecular weight is 502 g/mol. The van der Waals surface area contributed by atoms with Crippen LogP contribution >= 0.6 is 23.2 Å². The summed E-state index contributed by atoms with van der Waals surface area (Å²) < 4.78 is 19.6. The molecule has 0 fully saturated rings. The van der Waals surface area contributed by atoms with Crippen molar-refractivity contribution in [3.63, 3.8) is 0 Å². The summed E-state index contributed by atoms with van der Waals surface area (Å²) in [6, 6.07) is 12.3. The summed E-state index contributed by atoms with van der Waals surface area (Å²) in [5, 5.41) is 12.3. The van der Waals surface area contributed by atoms with E-state index in [0.717, 1.165) is 5.56 Å². The van der Waals surface area contributed by atoms with E-state index >= 15 is 0 Å². The van der Waals surface area contributed by atoms with E-state index in [2.05, 4.69) is 15.5 Å². The van der Waals surface area contributed by atoms with Crippen molar-refractivity contribution in [2.45, 2.75) is 13.3 Å². The van der Waals surface area contributed by atoms with Crippen LogP contribution in [0, 0.1) is 0 Å². The first-order chi connectivity index (χ1) is 16.5. The van der Waals surface area contributed by atoms with E-state index in [1.54, 1.807) is 73.9 Å². The van der Waals surface area contributed by atoms with Crippen molar-refractivity contribution in [1.29, 1.82) is 0 Å². The smallest absolute Gasteiger partial charge is 0.276 e. The van der Waals surface area contributed by atoms with Crippen molar-refractivity contribution in [3.05, 3.63) is 82.4 Å². The SMILES string of the molecule is COc1cccc(OC)c1OCn1ccc(C(=O)Nc2cnn(Cc3ccc(Cl)c(Cl)c3)c2)n1. The van der Waals surface area contributed by atoms with Gasteiger partial charge in [0.05, 0.1) is 42.7 Å².